The lowest BCUT2D eigenvalue weighted by atomic mass is 10.3. The van der Waals surface area contributed by atoms with Crippen molar-refractivity contribution in [1.29, 1.82) is 0 Å². The predicted molar refractivity (Wildman–Crippen MR) is 75.6 cm³/mol. The number of aromatic nitrogens is 1. The van der Waals surface area contributed by atoms with Gasteiger partial charge in [0.2, 0.25) is 5.91 Å². The van der Waals surface area contributed by atoms with E-state index in [4.69, 9.17) is 4.52 Å². The van der Waals surface area contributed by atoms with Crippen LogP contribution in [0.5, 0.6) is 0 Å². The van der Waals surface area contributed by atoms with Crippen molar-refractivity contribution in [2.24, 2.45) is 0 Å². The number of likely N-dealkylation sites (N-methyl/N-ethyl adjacent to an activating group) is 1. The highest BCUT2D eigenvalue weighted by Crippen LogP contribution is 2.10. The van der Waals surface area contributed by atoms with E-state index in [9.17, 15) is 4.79 Å². The normalized spacial score (nSPS) is 19.2. The fourth-order valence-electron chi connectivity index (χ4n) is 2.16. The largest absolute Gasteiger partial charge is 0.360 e. The molecule has 1 aliphatic heterocycles. The lowest BCUT2D eigenvalue weighted by molar-refractivity contribution is -0.116. The van der Waals surface area contributed by atoms with Gasteiger partial charge in [0.1, 0.15) is 5.76 Å². The third-order valence-corrected chi connectivity index (χ3v) is 3.23. The van der Waals surface area contributed by atoms with Crippen LogP contribution in [-0.4, -0.2) is 48.7 Å². The van der Waals surface area contributed by atoms with Crippen LogP contribution in [0.3, 0.4) is 0 Å². The molecule has 2 N–H and O–H groups in total. The second-order valence-electron chi connectivity index (χ2n) is 4.70. The van der Waals surface area contributed by atoms with Crippen molar-refractivity contribution >= 4 is 24.1 Å². The number of nitrogens with one attached hydrogen (secondary N) is 2. The summed E-state index contributed by atoms with van der Waals surface area (Å²) in [6, 6.07) is 2.27. The number of carbonyl (C=O) groups is 1. The van der Waals surface area contributed by atoms with Gasteiger partial charge in [-0.3, -0.25) is 4.79 Å². The summed E-state index contributed by atoms with van der Waals surface area (Å²) in [4.78, 5) is 14.0. The summed E-state index contributed by atoms with van der Waals surface area (Å²) in [6.45, 7) is 4.67. The van der Waals surface area contributed by atoms with Crippen molar-refractivity contribution in [2.45, 2.75) is 25.8 Å². The smallest absolute Gasteiger partial charge is 0.226 e. The lowest BCUT2D eigenvalue weighted by Crippen LogP contribution is -2.31. The Morgan fingerprint density at radius 3 is 3.00 bits per heavy atom. The van der Waals surface area contributed by atoms with Crippen LogP contribution in [0.1, 0.15) is 18.6 Å². The maximum Gasteiger partial charge on any atom is 0.226 e. The van der Waals surface area contributed by atoms with Crippen molar-refractivity contribution < 1.29 is 9.32 Å². The number of halogens is 1. The standard InChI is InChI=1S/C12H20N4O2.ClH/c1-9-7-11(15-18-9)14-12(17)4-6-16-5-3-10(8-16)13-2;/h7,10,13H,3-6,8H2,1-2H3,(H,14,15,17);1H. The van der Waals surface area contributed by atoms with Gasteiger partial charge < -0.3 is 20.1 Å². The van der Waals surface area contributed by atoms with Gasteiger partial charge in [0.05, 0.1) is 0 Å². The molecule has 19 heavy (non-hydrogen) atoms. The van der Waals surface area contributed by atoms with Gasteiger partial charge in [-0.25, -0.2) is 0 Å². The Labute approximate surface area is 119 Å². The molecular formula is C12H21ClN4O2. The molecule has 108 valence electrons. The molecule has 1 aliphatic rings. The zero-order valence-corrected chi connectivity index (χ0v) is 12.1. The second kappa shape index (κ2) is 7.47. The molecule has 1 atom stereocenters. The topological polar surface area (TPSA) is 70.4 Å². The first-order valence-electron chi connectivity index (χ1n) is 6.30. The third kappa shape index (κ3) is 4.81. The van der Waals surface area contributed by atoms with Gasteiger partial charge in [-0.2, -0.15) is 0 Å². The number of rotatable bonds is 5. The molecule has 0 spiro atoms. The fourth-order valence-corrected chi connectivity index (χ4v) is 2.16. The van der Waals surface area contributed by atoms with E-state index in [0.29, 0.717) is 24.0 Å². The van der Waals surface area contributed by atoms with Crippen LogP contribution in [0.4, 0.5) is 5.82 Å². The molecule has 0 radical (unpaired) electrons. The average Bonchev–Trinajstić information content (AvgIpc) is 2.95. The van der Waals surface area contributed by atoms with Crippen LogP contribution in [0.15, 0.2) is 10.6 Å². The Morgan fingerprint density at radius 1 is 1.63 bits per heavy atom. The number of aryl methyl sites for hydroxylation is 1. The molecule has 1 fully saturated rings. The summed E-state index contributed by atoms with van der Waals surface area (Å²) in [6.07, 6.45) is 1.64. The monoisotopic (exact) mass is 288 g/mol. The predicted octanol–water partition coefficient (Wildman–Crippen LogP) is 1.03. The van der Waals surface area contributed by atoms with E-state index in [0.717, 1.165) is 26.1 Å². The fraction of sp³-hybridized carbons (Fsp3) is 0.667. The molecule has 1 aromatic heterocycles. The SMILES string of the molecule is CNC1CCN(CCC(=O)Nc2cc(C)on2)C1.Cl. The summed E-state index contributed by atoms with van der Waals surface area (Å²) >= 11 is 0. The number of hydrogen-bond donors (Lipinski definition) is 2. The zero-order chi connectivity index (χ0) is 13.0. The first-order valence-corrected chi connectivity index (χ1v) is 6.30. The van der Waals surface area contributed by atoms with Gasteiger partial charge in [-0.05, 0) is 26.9 Å². The van der Waals surface area contributed by atoms with Gasteiger partial charge in [0, 0.05) is 31.6 Å². The van der Waals surface area contributed by atoms with Crippen LogP contribution >= 0.6 is 12.4 Å². The maximum atomic E-state index is 11.7. The van der Waals surface area contributed by atoms with Crippen molar-refractivity contribution in [2.75, 3.05) is 32.0 Å². The molecule has 1 aromatic rings. The van der Waals surface area contributed by atoms with E-state index in [1.54, 1.807) is 13.0 Å². The van der Waals surface area contributed by atoms with E-state index < -0.39 is 0 Å². The highest BCUT2D eigenvalue weighted by atomic mass is 35.5. The van der Waals surface area contributed by atoms with Crippen LogP contribution in [0.2, 0.25) is 0 Å². The average molecular weight is 289 g/mol. The molecule has 0 saturated carbocycles. The van der Waals surface area contributed by atoms with Crippen LogP contribution in [0, 0.1) is 6.92 Å². The summed E-state index contributed by atoms with van der Waals surface area (Å²) in [7, 11) is 1.98. The summed E-state index contributed by atoms with van der Waals surface area (Å²) in [5, 5.41) is 9.72. The Kier molecular flexibility index (Phi) is 6.27. The summed E-state index contributed by atoms with van der Waals surface area (Å²) in [5.41, 5.74) is 0. The van der Waals surface area contributed by atoms with Gasteiger partial charge in [0.15, 0.2) is 5.82 Å². The Balaban J connectivity index is 0.00000180. The minimum atomic E-state index is -0.0174. The molecule has 0 aromatic carbocycles. The van der Waals surface area contributed by atoms with E-state index in [1.165, 1.54) is 0 Å². The maximum absolute atomic E-state index is 11.7. The molecule has 2 rings (SSSR count). The molecule has 6 nitrogen and oxygen atoms in total. The number of anilines is 1. The Bertz CT molecular complexity index is 410. The Hall–Kier alpha value is -1.11. The highest BCUT2D eigenvalue weighted by Gasteiger charge is 2.21. The molecule has 7 heteroatoms. The van der Waals surface area contributed by atoms with Crippen molar-refractivity contribution in [3.05, 3.63) is 11.8 Å². The van der Waals surface area contributed by atoms with Gasteiger partial charge in [-0.15, -0.1) is 12.4 Å². The van der Waals surface area contributed by atoms with Crippen LogP contribution < -0.4 is 10.6 Å². The molecule has 1 saturated heterocycles. The first kappa shape index (κ1) is 15.9. The van der Waals surface area contributed by atoms with Crippen LogP contribution in [0.25, 0.3) is 0 Å². The minimum absolute atomic E-state index is 0. The second-order valence-corrected chi connectivity index (χ2v) is 4.70. The van der Waals surface area contributed by atoms with Crippen LogP contribution in [-0.2, 0) is 4.79 Å². The molecule has 2 heterocycles. The quantitative estimate of drug-likeness (QED) is 0.847. The molecule has 1 unspecified atom stereocenters. The van der Waals surface area contributed by atoms with Gasteiger partial charge >= 0.3 is 0 Å². The molecule has 1 amide bonds. The number of likely N-dealkylation sites (tertiary alicyclic amines) is 1. The first-order chi connectivity index (χ1) is 8.67. The van der Waals surface area contributed by atoms with Crippen molar-refractivity contribution in [1.82, 2.24) is 15.4 Å². The van der Waals surface area contributed by atoms with Crippen molar-refractivity contribution in [3.8, 4) is 0 Å². The Morgan fingerprint density at radius 2 is 2.42 bits per heavy atom. The molecule has 0 aliphatic carbocycles. The number of carbonyl (C=O) groups excluding carboxylic acids is 1. The van der Waals surface area contributed by atoms with E-state index in [-0.39, 0.29) is 18.3 Å². The summed E-state index contributed by atoms with van der Waals surface area (Å²) in [5.74, 6) is 1.17. The third-order valence-electron chi connectivity index (χ3n) is 3.23. The van der Waals surface area contributed by atoms with Crippen molar-refractivity contribution in [3.63, 3.8) is 0 Å². The van der Waals surface area contributed by atoms with E-state index in [1.807, 2.05) is 7.05 Å². The van der Waals surface area contributed by atoms with Gasteiger partial charge in [0.25, 0.3) is 0 Å². The number of amides is 1. The lowest BCUT2D eigenvalue weighted by Gasteiger charge is -2.14. The molecular weight excluding hydrogens is 268 g/mol. The number of nitrogens with zero attached hydrogens (tertiary/aromatic N) is 2. The van der Waals surface area contributed by atoms with E-state index in [2.05, 4.69) is 20.7 Å². The van der Waals surface area contributed by atoms with E-state index >= 15 is 0 Å². The minimum Gasteiger partial charge on any atom is -0.360 e. The number of hydrogen-bond acceptors (Lipinski definition) is 5. The molecule has 0 bridgehead atoms. The zero-order valence-electron chi connectivity index (χ0n) is 11.3. The summed E-state index contributed by atoms with van der Waals surface area (Å²) < 4.78 is 4.89. The van der Waals surface area contributed by atoms with Gasteiger partial charge in [-0.1, -0.05) is 5.16 Å². The highest BCUT2D eigenvalue weighted by molar-refractivity contribution is 5.89.